The number of nitrogens with two attached hydrogens (primary N) is 1. The van der Waals surface area contributed by atoms with Crippen LogP contribution in [0.15, 0.2) is 18.2 Å². The van der Waals surface area contributed by atoms with Crippen molar-refractivity contribution < 1.29 is 22.4 Å². The molecular weight excluding hydrogens is 264 g/mol. The Bertz CT molecular complexity index is 501. The van der Waals surface area contributed by atoms with Gasteiger partial charge in [-0.05, 0) is 24.6 Å². The number of carbonyl (C=O) groups excluding carboxylic acids is 1. The zero-order valence-corrected chi connectivity index (χ0v) is 9.88. The summed E-state index contributed by atoms with van der Waals surface area (Å²) in [5, 5.41) is 0. The molecule has 0 bridgehead atoms. The molecule has 104 valence electrons. The Hall–Kier alpha value is -1.63. The summed E-state index contributed by atoms with van der Waals surface area (Å²) in [7, 11) is 0. The van der Waals surface area contributed by atoms with E-state index in [1.165, 1.54) is 6.07 Å². The van der Waals surface area contributed by atoms with Crippen LogP contribution < -0.4 is 10.6 Å². The summed E-state index contributed by atoms with van der Waals surface area (Å²) in [5.74, 6) is -1.98. The molecule has 2 rings (SSSR count). The van der Waals surface area contributed by atoms with E-state index >= 15 is 0 Å². The summed E-state index contributed by atoms with van der Waals surface area (Å²) in [6, 6.07) is 2.91. The normalized spacial score (nSPS) is 20.2. The third-order valence-corrected chi connectivity index (χ3v) is 3.11. The van der Waals surface area contributed by atoms with Gasteiger partial charge in [-0.1, -0.05) is 6.07 Å². The van der Waals surface area contributed by atoms with Gasteiger partial charge in [-0.15, -0.1) is 0 Å². The van der Waals surface area contributed by atoms with Crippen molar-refractivity contribution in [3.8, 4) is 0 Å². The van der Waals surface area contributed by atoms with Gasteiger partial charge in [-0.2, -0.15) is 13.2 Å². The maximum atomic E-state index is 13.9. The Labute approximate surface area is 107 Å². The monoisotopic (exact) mass is 276 g/mol. The summed E-state index contributed by atoms with van der Waals surface area (Å²) >= 11 is 0. The molecule has 0 saturated carbocycles. The second-order valence-corrected chi connectivity index (χ2v) is 4.45. The molecule has 0 spiro atoms. The molecule has 1 unspecified atom stereocenters. The van der Waals surface area contributed by atoms with Gasteiger partial charge in [-0.25, -0.2) is 4.39 Å². The van der Waals surface area contributed by atoms with Gasteiger partial charge < -0.3 is 10.6 Å². The second-order valence-electron chi connectivity index (χ2n) is 4.45. The first-order valence-corrected chi connectivity index (χ1v) is 5.70. The molecule has 7 heteroatoms. The molecule has 19 heavy (non-hydrogen) atoms. The number of nitrogens with zero attached hydrogens (tertiary/aromatic N) is 1. The molecule has 1 saturated heterocycles. The fourth-order valence-electron chi connectivity index (χ4n) is 2.12. The summed E-state index contributed by atoms with van der Waals surface area (Å²) in [6.45, 7) is 0.385. The Balaban J connectivity index is 2.39. The Morgan fingerprint density at radius 2 is 2.05 bits per heavy atom. The topological polar surface area (TPSA) is 46.3 Å². The molecule has 3 nitrogen and oxygen atoms in total. The molecule has 1 aliphatic rings. The van der Waals surface area contributed by atoms with E-state index in [1.54, 1.807) is 0 Å². The summed E-state index contributed by atoms with van der Waals surface area (Å²) in [5.41, 5.74) is 3.72. The van der Waals surface area contributed by atoms with Gasteiger partial charge in [0.05, 0.1) is 11.3 Å². The number of anilines is 1. The first-order valence-electron chi connectivity index (χ1n) is 5.70. The maximum absolute atomic E-state index is 13.9. The van der Waals surface area contributed by atoms with E-state index in [1.807, 2.05) is 0 Å². The van der Waals surface area contributed by atoms with Crippen LogP contribution in [0.4, 0.5) is 23.2 Å². The highest BCUT2D eigenvalue weighted by Crippen LogP contribution is 2.36. The molecule has 0 aliphatic carbocycles. The standard InChI is InChI=1S/C12H12F4N2O/c13-11-8(12(14,15)16)2-1-3-9(11)18-6-7(5-17)4-10(18)19/h1-3,7H,4-6,17H2. The largest absolute Gasteiger partial charge is 0.419 e. The fourth-order valence-corrected chi connectivity index (χ4v) is 2.12. The quantitative estimate of drug-likeness (QED) is 0.841. The van der Waals surface area contributed by atoms with Crippen LogP contribution in [0.1, 0.15) is 12.0 Å². The van der Waals surface area contributed by atoms with Crippen molar-refractivity contribution >= 4 is 11.6 Å². The van der Waals surface area contributed by atoms with Gasteiger partial charge in [0.15, 0.2) is 5.82 Å². The number of benzene rings is 1. The van der Waals surface area contributed by atoms with Gasteiger partial charge in [0.1, 0.15) is 0 Å². The van der Waals surface area contributed by atoms with Crippen molar-refractivity contribution in [3.63, 3.8) is 0 Å². The Kier molecular flexibility index (Phi) is 3.49. The maximum Gasteiger partial charge on any atom is 0.419 e. The number of carbonyl (C=O) groups is 1. The van der Waals surface area contributed by atoms with Crippen LogP contribution in [0, 0.1) is 11.7 Å². The van der Waals surface area contributed by atoms with Crippen molar-refractivity contribution in [1.29, 1.82) is 0 Å². The summed E-state index contributed by atoms with van der Waals surface area (Å²) < 4.78 is 51.7. The fraction of sp³-hybridized carbons (Fsp3) is 0.417. The van der Waals surface area contributed by atoms with E-state index in [2.05, 4.69) is 0 Å². The Morgan fingerprint density at radius 1 is 1.37 bits per heavy atom. The lowest BCUT2D eigenvalue weighted by Gasteiger charge is -2.19. The minimum atomic E-state index is -4.78. The molecule has 1 aromatic carbocycles. The first-order chi connectivity index (χ1) is 8.84. The second kappa shape index (κ2) is 4.80. The van der Waals surface area contributed by atoms with Crippen LogP contribution >= 0.6 is 0 Å². The van der Waals surface area contributed by atoms with Crippen LogP contribution in [0.5, 0.6) is 0 Å². The van der Waals surface area contributed by atoms with Gasteiger partial charge in [0, 0.05) is 13.0 Å². The average Bonchev–Trinajstić information content (AvgIpc) is 2.69. The van der Waals surface area contributed by atoms with Crippen molar-refractivity contribution in [2.75, 3.05) is 18.0 Å². The predicted molar refractivity (Wildman–Crippen MR) is 60.9 cm³/mol. The van der Waals surface area contributed by atoms with Crippen LogP contribution in [-0.2, 0) is 11.0 Å². The van der Waals surface area contributed by atoms with Crippen molar-refractivity contribution in [2.45, 2.75) is 12.6 Å². The third kappa shape index (κ3) is 2.56. The van der Waals surface area contributed by atoms with Gasteiger partial charge in [0.2, 0.25) is 5.91 Å². The molecular formula is C12H12F4N2O. The molecule has 2 N–H and O–H groups in total. The van der Waals surface area contributed by atoms with Crippen LogP contribution in [-0.4, -0.2) is 19.0 Å². The van der Waals surface area contributed by atoms with E-state index in [-0.39, 0.29) is 31.1 Å². The van der Waals surface area contributed by atoms with Crippen molar-refractivity contribution in [2.24, 2.45) is 11.7 Å². The zero-order chi connectivity index (χ0) is 14.2. The van der Waals surface area contributed by atoms with Crippen LogP contribution in [0.25, 0.3) is 0 Å². The highest BCUT2D eigenvalue weighted by molar-refractivity contribution is 5.96. The lowest BCUT2D eigenvalue weighted by molar-refractivity contribution is -0.140. The van der Waals surface area contributed by atoms with Crippen LogP contribution in [0.2, 0.25) is 0 Å². The molecule has 1 atom stereocenters. The van der Waals surface area contributed by atoms with Crippen molar-refractivity contribution in [3.05, 3.63) is 29.6 Å². The highest BCUT2D eigenvalue weighted by Gasteiger charge is 2.38. The van der Waals surface area contributed by atoms with E-state index in [0.717, 1.165) is 11.0 Å². The summed E-state index contributed by atoms with van der Waals surface area (Å²) in [6.07, 6.45) is -4.65. The first kappa shape index (κ1) is 13.8. The molecule has 0 radical (unpaired) electrons. The smallest absolute Gasteiger partial charge is 0.330 e. The number of halogens is 4. The van der Waals surface area contributed by atoms with Crippen LogP contribution in [0.3, 0.4) is 0 Å². The number of alkyl halides is 3. The molecule has 1 aromatic rings. The third-order valence-electron chi connectivity index (χ3n) is 3.11. The van der Waals surface area contributed by atoms with Gasteiger partial charge >= 0.3 is 6.18 Å². The number of hydrogen-bond donors (Lipinski definition) is 1. The highest BCUT2D eigenvalue weighted by atomic mass is 19.4. The average molecular weight is 276 g/mol. The van der Waals surface area contributed by atoms with E-state index in [9.17, 15) is 22.4 Å². The zero-order valence-electron chi connectivity index (χ0n) is 9.88. The van der Waals surface area contributed by atoms with E-state index in [0.29, 0.717) is 6.07 Å². The minimum Gasteiger partial charge on any atom is -0.330 e. The van der Waals surface area contributed by atoms with E-state index in [4.69, 9.17) is 5.73 Å². The SMILES string of the molecule is NCC1CC(=O)N(c2cccc(C(F)(F)F)c2F)C1. The molecule has 1 heterocycles. The summed E-state index contributed by atoms with van der Waals surface area (Å²) in [4.78, 5) is 12.7. The van der Waals surface area contributed by atoms with Crippen molar-refractivity contribution in [1.82, 2.24) is 0 Å². The predicted octanol–water partition coefficient (Wildman–Crippen LogP) is 2.16. The number of amides is 1. The minimum absolute atomic E-state index is 0.131. The molecule has 1 fully saturated rings. The lowest BCUT2D eigenvalue weighted by atomic mass is 10.1. The molecule has 1 amide bonds. The van der Waals surface area contributed by atoms with Gasteiger partial charge in [0.25, 0.3) is 0 Å². The van der Waals surface area contributed by atoms with E-state index < -0.39 is 23.5 Å². The number of hydrogen-bond acceptors (Lipinski definition) is 2. The molecule has 1 aliphatic heterocycles. The number of rotatable bonds is 2. The molecule has 0 aromatic heterocycles. The lowest BCUT2D eigenvalue weighted by Crippen LogP contribution is -2.27. The van der Waals surface area contributed by atoms with Gasteiger partial charge in [-0.3, -0.25) is 4.79 Å². The Morgan fingerprint density at radius 3 is 2.58 bits per heavy atom.